The zero-order valence-corrected chi connectivity index (χ0v) is 17.6. The maximum atomic E-state index is 13.0. The van der Waals surface area contributed by atoms with E-state index in [9.17, 15) is 14.0 Å². The first kappa shape index (κ1) is 22.2. The summed E-state index contributed by atoms with van der Waals surface area (Å²) in [7, 11) is 0. The van der Waals surface area contributed by atoms with Gasteiger partial charge in [-0.3, -0.25) is 9.59 Å². The largest absolute Gasteiger partial charge is 0.351 e. The van der Waals surface area contributed by atoms with Crippen LogP contribution in [0.25, 0.3) is 0 Å². The van der Waals surface area contributed by atoms with E-state index in [2.05, 4.69) is 16.0 Å². The highest BCUT2D eigenvalue weighted by Crippen LogP contribution is 2.43. The van der Waals surface area contributed by atoms with E-state index < -0.39 is 0 Å². The van der Waals surface area contributed by atoms with Crippen LogP contribution in [0.5, 0.6) is 0 Å². The zero-order valence-electron chi connectivity index (χ0n) is 16.7. The van der Waals surface area contributed by atoms with Crippen LogP contribution in [0, 0.1) is 17.2 Å². The predicted octanol–water partition coefficient (Wildman–Crippen LogP) is 3.90. The van der Waals surface area contributed by atoms with Gasteiger partial charge in [0.2, 0.25) is 5.91 Å². The molecule has 1 saturated heterocycles. The smallest absolute Gasteiger partial charge is 0.255 e. The predicted molar refractivity (Wildman–Crippen MR) is 117 cm³/mol. The minimum absolute atomic E-state index is 0. The van der Waals surface area contributed by atoms with Gasteiger partial charge >= 0.3 is 0 Å². The molecule has 2 aromatic carbocycles. The molecule has 7 heteroatoms. The first-order chi connectivity index (χ1) is 14.1. The average molecular weight is 432 g/mol. The fourth-order valence-electron chi connectivity index (χ4n) is 4.56. The zero-order chi connectivity index (χ0) is 20.3. The Kier molecular flexibility index (Phi) is 7.10. The topological polar surface area (TPSA) is 70.2 Å². The molecule has 0 bridgehead atoms. The third kappa shape index (κ3) is 4.65. The van der Waals surface area contributed by atoms with Crippen LogP contribution < -0.4 is 16.0 Å². The normalized spacial score (nSPS) is 22.5. The summed E-state index contributed by atoms with van der Waals surface area (Å²) < 4.78 is 13.0. The summed E-state index contributed by atoms with van der Waals surface area (Å²) in [6, 6.07) is 12.8. The summed E-state index contributed by atoms with van der Waals surface area (Å²) in [4.78, 5) is 25.1. The van der Waals surface area contributed by atoms with Gasteiger partial charge in [0.15, 0.2) is 0 Å². The highest BCUT2D eigenvalue weighted by molar-refractivity contribution is 6.04. The number of nitrogens with one attached hydrogen (secondary N) is 3. The van der Waals surface area contributed by atoms with E-state index in [4.69, 9.17) is 0 Å². The van der Waals surface area contributed by atoms with Gasteiger partial charge in [0.25, 0.3) is 5.91 Å². The molecule has 1 aliphatic carbocycles. The number of hydrogen-bond donors (Lipinski definition) is 3. The summed E-state index contributed by atoms with van der Waals surface area (Å²) in [6.07, 6.45) is 4.42. The Morgan fingerprint density at radius 2 is 1.80 bits per heavy atom. The molecule has 1 aliphatic heterocycles. The van der Waals surface area contributed by atoms with Gasteiger partial charge in [-0.2, -0.15) is 0 Å². The van der Waals surface area contributed by atoms with Gasteiger partial charge in [0.1, 0.15) is 5.82 Å². The molecular weight excluding hydrogens is 405 g/mol. The van der Waals surface area contributed by atoms with Crippen molar-refractivity contribution < 1.29 is 14.0 Å². The van der Waals surface area contributed by atoms with Crippen molar-refractivity contribution in [2.45, 2.75) is 32.2 Å². The standard InChI is InChI=1S/C23H26FN3O2.ClH/c24-19-8-6-17(7-9-19)21(28)27-20-10-4-16(5-11-20)13-26-22(29)23-12-2-1-3-18(23)14-25-15-23;/h4-11,18,25H,1-3,12-15H2,(H,26,29)(H,27,28);1H/t18-,23+;/m0./s1. The molecule has 3 N–H and O–H groups in total. The van der Waals surface area contributed by atoms with Crippen LogP contribution in [0.3, 0.4) is 0 Å². The van der Waals surface area contributed by atoms with Gasteiger partial charge in [-0.15, -0.1) is 12.4 Å². The number of hydrogen-bond acceptors (Lipinski definition) is 3. The van der Waals surface area contributed by atoms with Crippen molar-refractivity contribution in [3.05, 3.63) is 65.5 Å². The summed E-state index contributed by atoms with van der Waals surface area (Å²) in [6.45, 7) is 2.19. The van der Waals surface area contributed by atoms with E-state index in [-0.39, 0.29) is 35.5 Å². The SMILES string of the molecule is Cl.O=C(Nc1ccc(CNC(=O)[C@@]23CCCC[C@H]2CNC3)cc1)c1ccc(F)cc1. The molecule has 2 amide bonds. The Hall–Kier alpha value is -2.44. The third-order valence-electron chi connectivity index (χ3n) is 6.26. The lowest BCUT2D eigenvalue weighted by atomic mass is 9.67. The monoisotopic (exact) mass is 431 g/mol. The number of anilines is 1. The Morgan fingerprint density at radius 1 is 1.07 bits per heavy atom. The van der Waals surface area contributed by atoms with E-state index in [0.717, 1.165) is 37.9 Å². The molecule has 4 rings (SSSR count). The molecule has 5 nitrogen and oxygen atoms in total. The first-order valence-electron chi connectivity index (χ1n) is 10.2. The van der Waals surface area contributed by atoms with Crippen molar-refractivity contribution in [2.75, 3.05) is 18.4 Å². The number of rotatable bonds is 5. The van der Waals surface area contributed by atoms with Crippen LogP contribution >= 0.6 is 12.4 Å². The van der Waals surface area contributed by atoms with E-state index >= 15 is 0 Å². The van der Waals surface area contributed by atoms with Crippen molar-refractivity contribution in [2.24, 2.45) is 11.3 Å². The molecule has 30 heavy (non-hydrogen) atoms. The maximum absolute atomic E-state index is 13.0. The fourth-order valence-corrected chi connectivity index (χ4v) is 4.56. The molecule has 1 heterocycles. The molecule has 2 fully saturated rings. The quantitative estimate of drug-likeness (QED) is 0.672. The first-order valence-corrected chi connectivity index (χ1v) is 10.2. The number of amides is 2. The van der Waals surface area contributed by atoms with Crippen LogP contribution in [0.2, 0.25) is 0 Å². The molecule has 1 saturated carbocycles. The van der Waals surface area contributed by atoms with Gasteiger partial charge in [0.05, 0.1) is 5.41 Å². The second kappa shape index (κ2) is 9.58. The van der Waals surface area contributed by atoms with Gasteiger partial charge in [0, 0.05) is 24.3 Å². The molecule has 0 radical (unpaired) electrons. The average Bonchev–Trinajstić information content (AvgIpc) is 3.19. The molecule has 160 valence electrons. The van der Waals surface area contributed by atoms with Gasteiger partial charge < -0.3 is 16.0 Å². The van der Waals surface area contributed by atoms with Gasteiger partial charge in [-0.05, 0) is 67.3 Å². The molecule has 0 spiro atoms. The highest BCUT2D eigenvalue weighted by atomic mass is 35.5. The number of carbonyl (C=O) groups excluding carboxylic acids is 2. The Balaban J connectivity index is 0.00000256. The second-order valence-corrected chi connectivity index (χ2v) is 8.07. The molecule has 0 aromatic heterocycles. The Labute approximate surface area is 182 Å². The lowest BCUT2D eigenvalue weighted by Crippen LogP contribution is -2.47. The van der Waals surface area contributed by atoms with E-state index in [1.54, 1.807) is 0 Å². The van der Waals surface area contributed by atoms with Crippen molar-refractivity contribution in [3.63, 3.8) is 0 Å². The van der Waals surface area contributed by atoms with Gasteiger partial charge in [-0.1, -0.05) is 25.0 Å². The number of fused-ring (bicyclic) bond motifs is 1. The minimum Gasteiger partial charge on any atom is -0.351 e. The number of halogens is 2. The van der Waals surface area contributed by atoms with Crippen LogP contribution in [-0.4, -0.2) is 24.9 Å². The van der Waals surface area contributed by atoms with E-state index in [1.807, 2.05) is 24.3 Å². The third-order valence-corrected chi connectivity index (χ3v) is 6.26. The summed E-state index contributed by atoms with van der Waals surface area (Å²) in [5, 5.41) is 9.32. The number of carbonyl (C=O) groups is 2. The number of benzene rings is 2. The van der Waals surface area contributed by atoms with Crippen molar-refractivity contribution in [1.82, 2.24) is 10.6 Å². The van der Waals surface area contributed by atoms with Gasteiger partial charge in [-0.25, -0.2) is 4.39 Å². The lowest BCUT2D eigenvalue weighted by Gasteiger charge is -2.37. The van der Waals surface area contributed by atoms with Crippen LogP contribution in [-0.2, 0) is 11.3 Å². The van der Waals surface area contributed by atoms with Crippen LogP contribution in [0.4, 0.5) is 10.1 Å². The van der Waals surface area contributed by atoms with Crippen LogP contribution in [0.15, 0.2) is 48.5 Å². The molecule has 0 unspecified atom stereocenters. The minimum atomic E-state index is -0.375. The maximum Gasteiger partial charge on any atom is 0.255 e. The van der Waals surface area contributed by atoms with Crippen LogP contribution in [0.1, 0.15) is 41.6 Å². The summed E-state index contributed by atoms with van der Waals surface area (Å²) in [5.74, 6) is -0.0659. The molecule has 2 aliphatic rings. The second-order valence-electron chi connectivity index (χ2n) is 8.07. The Bertz CT molecular complexity index is 888. The van der Waals surface area contributed by atoms with Crippen molar-refractivity contribution >= 4 is 29.9 Å². The van der Waals surface area contributed by atoms with Crippen molar-refractivity contribution in [3.8, 4) is 0 Å². The summed E-state index contributed by atoms with van der Waals surface area (Å²) >= 11 is 0. The molecule has 2 aromatic rings. The van der Waals surface area contributed by atoms with Crippen molar-refractivity contribution in [1.29, 1.82) is 0 Å². The fraction of sp³-hybridized carbons (Fsp3) is 0.391. The molecular formula is C23H27ClFN3O2. The van der Waals surface area contributed by atoms with E-state index in [0.29, 0.717) is 23.7 Å². The Morgan fingerprint density at radius 3 is 2.53 bits per heavy atom. The molecule has 2 atom stereocenters. The van der Waals surface area contributed by atoms with E-state index in [1.165, 1.54) is 30.7 Å². The summed E-state index contributed by atoms with van der Waals surface area (Å²) in [5.41, 5.74) is 1.78. The highest BCUT2D eigenvalue weighted by Gasteiger charge is 2.49. The lowest BCUT2D eigenvalue weighted by molar-refractivity contribution is -0.134.